The summed E-state index contributed by atoms with van der Waals surface area (Å²) in [6, 6.07) is 8.96. The number of amides is 1. The highest BCUT2D eigenvalue weighted by atomic mass is 32.2. The second-order valence-electron chi connectivity index (χ2n) is 5.02. The molecule has 9 heteroatoms. The quantitative estimate of drug-likeness (QED) is 0.630. The highest BCUT2D eigenvalue weighted by molar-refractivity contribution is 7.89. The van der Waals surface area contributed by atoms with E-state index in [0.717, 1.165) is 5.56 Å². The molecule has 1 heterocycles. The Morgan fingerprint density at radius 1 is 1.35 bits per heavy atom. The maximum Gasteiger partial charge on any atom is 0.260 e. The second kappa shape index (κ2) is 7.36. The van der Waals surface area contributed by atoms with Crippen molar-refractivity contribution in [2.24, 2.45) is 12.8 Å². The number of hydrogen-bond acceptors (Lipinski definition) is 5. The van der Waals surface area contributed by atoms with Crippen molar-refractivity contribution in [3.63, 3.8) is 0 Å². The molecule has 0 bridgehead atoms. The van der Waals surface area contributed by atoms with E-state index in [1.807, 2.05) is 30.3 Å². The van der Waals surface area contributed by atoms with Crippen molar-refractivity contribution in [3.05, 3.63) is 48.4 Å². The van der Waals surface area contributed by atoms with Gasteiger partial charge in [-0.1, -0.05) is 30.3 Å². The molecule has 1 atom stereocenters. The fraction of sp³-hybridized carbons (Fsp3) is 0.286. The summed E-state index contributed by atoms with van der Waals surface area (Å²) in [6.45, 7) is -0.158. The van der Waals surface area contributed by atoms with Crippen molar-refractivity contribution < 1.29 is 13.2 Å². The molecular formula is C14H19N5O3S. The Bertz CT molecular complexity index is 758. The van der Waals surface area contributed by atoms with Gasteiger partial charge in [0.1, 0.15) is 0 Å². The topological polar surface area (TPSA) is 119 Å². The Morgan fingerprint density at radius 2 is 2.04 bits per heavy atom. The molecule has 1 aromatic heterocycles. The zero-order valence-corrected chi connectivity index (χ0v) is 13.5. The summed E-state index contributed by atoms with van der Waals surface area (Å²) in [6.07, 6.45) is 2.72. The summed E-state index contributed by atoms with van der Waals surface area (Å²) in [7, 11) is -2.14. The van der Waals surface area contributed by atoms with Gasteiger partial charge in [0.05, 0.1) is 12.9 Å². The standard InChI is InChI=1S/C14H19N5O3S/c1-19-9-14(17-10-19)23(21,22)18-8-13(20)16-7-12(15)11-5-3-2-4-6-11/h2-6,9-10,12,18H,7-8,15H2,1H3,(H,16,20). The highest BCUT2D eigenvalue weighted by Crippen LogP contribution is 2.07. The number of carbonyl (C=O) groups excluding carboxylic acids is 1. The van der Waals surface area contributed by atoms with E-state index in [9.17, 15) is 13.2 Å². The molecule has 2 rings (SSSR count). The molecule has 4 N–H and O–H groups in total. The minimum Gasteiger partial charge on any atom is -0.353 e. The van der Waals surface area contributed by atoms with Crippen LogP contribution in [0.4, 0.5) is 0 Å². The first-order valence-electron chi connectivity index (χ1n) is 6.93. The van der Waals surface area contributed by atoms with Crippen molar-refractivity contribution in [1.82, 2.24) is 19.6 Å². The molecule has 0 fully saturated rings. The third-order valence-corrected chi connectivity index (χ3v) is 4.41. The van der Waals surface area contributed by atoms with Gasteiger partial charge in [0.25, 0.3) is 10.0 Å². The van der Waals surface area contributed by atoms with Gasteiger partial charge in [0.2, 0.25) is 5.91 Å². The van der Waals surface area contributed by atoms with Crippen molar-refractivity contribution in [2.45, 2.75) is 11.1 Å². The molecule has 0 saturated heterocycles. The summed E-state index contributed by atoms with van der Waals surface area (Å²) in [5.41, 5.74) is 6.84. The molecule has 8 nitrogen and oxygen atoms in total. The van der Waals surface area contributed by atoms with Gasteiger partial charge in [-0.25, -0.2) is 18.1 Å². The average molecular weight is 337 g/mol. The third-order valence-electron chi connectivity index (χ3n) is 3.13. The number of nitrogens with two attached hydrogens (primary N) is 1. The van der Waals surface area contributed by atoms with E-state index in [4.69, 9.17) is 5.73 Å². The number of imidazole rings is 1. The van der Waals surface area contributed by atoms with Gasteiger partial charge in [-0.2, -0.15) is 0 Å². The normalized spacial score (nSPS) is 12.8. The van der Waals surface area contributed by atoms with E-state index >= 15 is 0 Å². The van der Waals surface area contributed by atoms with Crippen LogP contribution in [0.5, 0.6) is 0 Å². The number of aryl methyl sites for hydroxylation is 1. The highest BCUT2D eigenvalue weighted by Gasteiger charge is 2.18. The Balaban J connectivity index is 1.81. The SMILES string of the molecule is Cn1cnc(S(=O)(=O)NCC(=O)NCC(N)c2ccccc2)c1. The molecule has 1 unspecified atom stereocenters. The Kier molecular flexibility index (Phi) is 5.48. The first kappa shape index (κ1) is 17.1. The maximum absolute atomic E-state index is 11.9. The van der Waals surface area contributed by atoms with E-state index in [0.29, 0.717) is 0 Å². The first-order chi connectivity index (χ1) is 10.9. The van der Waals surface area contributed by atoms with Crippen molar-refractivity contribution in [3.8, 4) is 0 Å². The molecule has 0 aliphatic heterocycles. The zero-order chi connectivity index (χ0) is 16.9. The molecule has 2 aromatic rings. The van der Waals surface area contributed by atoms with Gasteiger partial charge in [0, 0.05) is 25.8 Å². The summed E-state index contributed by atoms with van der Waals surface area (Å²) < 4.78 is 27.5. The molecule has 0 spiro atoms. The van der Waals surface area contributed by atoms with Gasteiger partial charge >= 0.3 is 0 Å². The van der Waals surface area contributed by atoms with Crippen LogP contribution < -0.4 is 15.8 Å². The molecule has 0 aliphatic rings. The third kappa shape index (κ3) is 4.88. The van der Waals surface area contributed by atoms with Crippen LogP contribution in [0.3, 0.4) is 0 Å². The van der Waals surface area contributed by atoms with Gasteiger partial charge in [0.15, 0.2) is 5.03 Å². The molecule has 1 amide bonds. The largest absolute Gasteiger partial charge is 0.353 e. The molecule has 0 aliphatic carbocycles. The van der Waals surface area contributed by atoms with Gasteiger partial charge in [-0.05, 0) is 5.56 Å². The van der Waals surface area contributed by atoms with E-state index in [1.165, 1.54) is 17.1 Å². The fourth-order valence-electron chi connectivity index (χ4n) is 1.87. The smallest absolute Gasteiger partial charge is 0.260 e. The lowest BCUT2D eigenvalue weighted by atomic mass is 10.1. The lowest BCUT2D eigenvalue weighted by Crippen LogP contribution is -2.39. The maximum atomic E-state index is 11.9. The lowest BCUT2D eigenvalue weighted by Gasteiger charge is -2.13. The van der Waals surface area contributed by atoms with Gasteiger partial charge in [-0.15, -0.1) is 0 Å². The predicted octanol–water partition coefficient (Wildman–Crippen LogP) is -0.485. The summed E-state index contributed by atoms with van der Waals surface area (Å²) in [4.78, 5) is 15.5. The number of benzene rings is 1. The van der Waals surface area contributed by atoms with Crippen LogP contribution in [-0.2, 0) is 21.9 Å². The molecule has 124 valence electrons. The number of hydrogen-bond donors (Lipinski definition) is 3. The van der Waals surface area contributed by atoms with Crippen molar-refractivity contribution in [1.29, 1.82) is 0 Å². The number of rotatable bonds is 7. The Hall–Kier alpha value is -2.23. The minimum atomic E-state index is -3.80. The average Bonchev–Trinajstić information content (AvgIpc) is 2.99. The number of nitrogens with zero attached hydrogens (tertiary/aromatic N) is 2. The van der Waals surface area contributed by atoms with Crippen molar-refractivity contribution in [2.75, 3.05) is 13.1 Å². The van der Waals surface area contributed by atoms with E-state index in [2.05, 4.69) is 15.0 Å². The van der Waals surface area contributed by atoms with Crippen LogP contribution >= 0.6 is 0 Å². The number of nitrogens with one attached hydrogen (secondary N) is 2. The second-order valence-corrected chi connectivity index (χ2v) is 6.74. The lowest BCUT2D eigenvalue weighted by molar-refractivity contribution is -0.120. The summed E-state index contributed by atoms with van der Waals surface area (Å²) in [5.74, 6) is -0.462. The molecular weight excluding hydrogens is 318 g/mol. The van der Waals surface area contributed by atoms with E-state index in [-0.39, 0.29) is 24.2 Å². The van der Waals surface area contributed by atoms with Crippen LogP contribution in [0.25, 0.3) is 0 Å². The van der Waals surface area contributed by atoms with E-state index < -0.39 is 15.9 Å². The minimum absolute atomic E-state index is 0.131. The Labute approximate surface area is 134 Å². The predicted molar refractivity (Wildman–Crippen MR) is 84.8 cm³/mol. The number of carbonyl (C=O) groups is 1. The van der Waals surface area contributed by atoms with Crippen LogP contribution in [-0.4, -0.2) is 37.0 Å². The zero-order valence-electron chi connectivity index (χ0n) is 12.6. The van der Waals surface area contributed by atoms with Gasteiger partial charge in [-0.3, -0.25) is 4.79 Å². The molecule has 0 saturated carbocycles. The number of sulfonamides is 1. The van der Waals surface area contributed by atoms with Gasteiger partial charge < -0.3 is 15.6 Å². The van der Waals surface area contributed by atoms with Crippen LogP contribution in [0, 0.1) is 0 Å². The summed E-state index contributed by atoms with van der Waals surface area (Å²) in [5, 5.41) is 2.46. The van der Waals surface area contributed by atoms with Crippen molar-refractivity contribution >= 4 is 15.9 Å². The number of aromatic nitrogens is 2. The molecule has 1 aromatic carbocycles. The van der Waals surface area contributed by atoms with Crippen LogP contribution in [0.1, 0.15) is 11.6 Å². The summed E-state index contributed by atoms with van der Waals surface area (Å²) >= 11 is 0. The monoisotopic (exact) mass is 337 g/mol. The van der Waals surface area contributed by atoms with Crippen LogP contribution in [0.15, 0.2) is 47.9 Å². The molecule has 0 radical (unpaired) electrons. The Morgan fingerprint density at radius 3 is 2.65 bits per heavy atom. The van der Waals surface area contributed by atoms with Crippen LogP contribution in [0.2, 0.25) is 0 Å². The fourth-order valence-corrected chi connectivity index (χ4v) is 2.83. The van der Waals surface area contributed by atoms with E-state index in [1.54, 1.807) is 7.05 Å². The first-order valence-corrected chi connectivity index (χ1v) is 8.41. The molecule has 23 heavy (non-hydrogen) atoms.